The van der Waals surface area contributed by atoms with Crippen molar-refractivity contribution < 1.29 is 13.6 Å². The zero-order chi connectivity index (χ0) is 27.9. The molecule has 1 aliphatic rings. The van der Waals surface area contributed by atoms with Gasteiger partial charge in [0.1, 0.15) is 11.6 Å². The van der Waals surface area contributed by atoms with Gasteiger partial charge in [0.15, 0.2) is 0 Å². The lowest BCUT2D eigenvalue weighted by Gasteiger charge is -2.26. The summed E-state index contributed by atoms with van der Waals surface area (Å²) in [6.07, 6.45) is 2.28. The summed E-state index contributed by atoms with van der Waals surface area (Å²) in [5.74, 6) is -0.963. The van der Waals surface area contributed by atoms with Crippen molar-refractivity contribution in [2.24, 2.45) is 11.7 Å². The molecule has 0 bridgehead atoms. The number of carbonyl (C=O) groups excluding carboxylic acids is 1. The fraction of sp³-hybridized carbons (Fsp3) is 0.406. The van der Waals surface area contributed by atoms with Gasteiger partial charge in [0.05, 0.1) is 0 Å². The van der Waals surface area contributed by atoms with Gasteiger partial charge in [-0.3, -0.25) is 4.79 Å². The molecule has 0 fully saturated rings. The van der Waals surface area contributed by atoms with E-state index in [9.17, 15) is 13.6 Å². The summed E-state index contributed by atoms with van der Waals surface area (Å²) in [7, 11) is 0. The molecule has 39 heavy (non-hydrogen) atoms. The van der Waals surface area contributed by atoms with E-state index in [0.29, 0.717) is 24.6 Å². The minimum Gasteiger partial charge on any atom is -0.366 e. The Labute approximate surface area is 230 Å². The average molecular weight is 535 g/mol. The van der Waals surface area contributed by atoms with Gasteiger partial charge in [0, 0.05) is 56.9 Å². The lowest BCUT2D eigenvalue weighted by molar-refractivity contribution is -0.119. The normalized spacial score (nSPS) is 14.4. The third-order valence-corrected chi connectivity index (χ3v) is 7.13. The van der Waals surface area contributed by atoms with Gasteiger partial charge in [-0.05, 0) is 65.1 Å². The van der Waals surface area contributed by atoms with Crippen LogP contribution in [0.1, 0.15) is 48.6 Å². The van der Waals surface area contributed by atoms with Gasteiger partial charge >= 0.3 is 0 Å². The van der Waals surface area contributed by atoms with Gasteiger partial charge in [0.25, 0.3) is 0 Å². The van der Waals surface area contributed by atoms with Crippen LogP contribution >= 0.6 is 0 Å². The van der Waals surface area contributed by atoms with Gasteiger partial charge in [-0.2, -0.15) is 0 Å². The molecule has 1 aliphatic heterocycles. The van der Waals surface area contributed by atoms with Crippen molar-refractivity contribution in [1.29, 1.82) is 0 Å². The zero-order valence-electron chi connectivity index (χ0n) is 23.1. The highest BCUT2D eigenvalue weighted by Gasteiger charge is 2.25. The second kappa shape index (κ2) is 13.2. The molecule has 3 aromatic rings. The molecular weight excluding hydrogens is 494 g/mol. The minimum absolute atomic E-state index is 0.233. The van der Waals surface area contributed by atoms with Crippen molar-refractivity contribution in [3.8, 4) is 0 Å². The first-order chi connectivity index (χ1) is 18.7. The molecule has 4 N–H and O–H groups in total. The Morgan fingerprint density at radius 3 is 2.33 bits per heavy atom. The summed E-state index contributed by atoms with van der Waals surface area (Å²) in [4.78, 5) is 14.3. The highest BCUT2D eigenvalue weighted by Crippen LogP contribution is 2.35. The number of rotatable bonds is 12. The number of nitrogens with one attached hydrogen (secondary N) is 2. The molecule has 0 spiro atoms. The van der Waals surface area contributed by atoms with Crippen molar-refractivity contribution in [2.75, 3.05) is 18.0 Å². The number of nitrogens with two attached hydrogens (primary N) is 1. The lowest BCUT2D eigenvalue weighted by atomic mass is 9.96. The highest BCUT2D eigenvalue weighted by molar-refractivity contribution is 5.73. The molecule has 0 radical (unpaired) electrons. The van der Waals surface area contributed by atoms with Crippen LogP contribution in [0, 0.1) is 17.6 Å². The number of hydrogen-bond donors (Lipinski definition) is 3. The largest absolute Gasteiger partial charge is 0.366 e. The third kappa shape index (κ3) is 8.10. The average Bonchev–Trinajstić information content (AvgIpc) is 3.25. The molecule has 0 aliphatic carbocycles. The lowest BCUT2D eigenvalue weighted by Crippen LogP contribution is -2.52. The van der Waals surface area contributed by atoms with Crippen molar-refractivity contribution in [3.63, 3.8) is 0 Å². The molecule has 5 nitrogen and oxygen atoms in total. The fourth-order valence-electron chi connectivity index (χ4n) is 5.55. The molecule has 0 aromatic heterocycles. The SMILES string of the molecule is CC(=O)N[C@@H](Cc1cc(F)cc(F)c1)[C@@H](N)CNCc1cc(CC(C)C)cc2c1N(Cc1ccccc1)CC2. The Morgan fingerprint density at radius 1 is 0.974 bits per heavy atom. The highest BCUT2D eigenvalue weighted by atomic mass is 19.1. The summed E-state index contributed by atoms with van der Waals surface area (Å²) in [5, 5.41) is 6.37. The van der Waals surface area contributed by atoms with Gasteiger partial charge in [-0.25, -0.2) is 8.78 Å². The number of hydrogen-bond acceptors (Lipinski definition) is 4. The van der Waals surface area contributed by atoms with Crippen molar-refractivity contribution in [1.82, 2.24) is 10.6 Å². The molecule has 208 valence electrons. The van der Waals surface area contributed by atoms with E-state index in [1.54, 1.807) is 0 Å². The van der Waals surface area contributed by atoms with Crippen LogP contribution in [0.2, 0.25) is 0 Å². The first-order valence-corrected chi connectivity index (χ1v) is 13.8. The number of carbonyl (C=O) groups is 1. The first kappa shape index (κ1) is 28.7. The summed E-state index contributed by atoms with van der Waals surface area (Å²) >= 11 is 0. The van der Waals surface area contributed by atoms with Gasteiger partial charge in [0.2, 0.25) is 5.91 Å². The molecule has 7 heteroatoms. The molecule has 0 unspecified atom stereocenters. The van der Waals surface area contributed by atoms with E-state index in [-0.39, 0.29) is 12.3 Å². The maximum Gasteiger partial charge on any atom is 0.217 e. The Balaban J connectivity index is 1.49. The molecule has 1 amide bonds. The van der Waals surface area contributed by atoms with Crippen LogP contribution in [-0.2, 0) is 37.1 Å². The van der Waals surface area contributed by atoms with E-state index in [0.717, 1.165) is 32.0 Å². The van der Waals surface area contributed by atoms with E-state index in [2.05, 4.69) is 65.8 Å². The zero-order valence-corrected chi connectivity index (χ0v) is 23.1. The monoisotopic (exact) mass is 534 g/mol. The smallest absolute Gasteiger partial charge is 0.217 e. The quantitative estimate of drug-likeness (QED) is 0.310. The summed E-state index contributed by atoms with van der Waals surface area (Å²) in [5.41, 5.74) is 13.5. The predicted molar refractivity (Wildman–Crippen MR) is 154 cm³/mol. The molecule has 2 atom stereocenters. The molecule has 4 rings (SSSR count). The summed E-state index contributed by atoms with van der Waals surface area (Å²) in [6, 6.07) is 17.7. The molecule has 0 saturated heterocycles. The van der Waals surface area contributed by atoms with Crippen LogP contribution in [0.4, 0.5) is 14.5 Å². The number of nitrogens with zero attached hydrogens (tertiary/aromatic N) is 1. The fourth-order valence-corrected chi connectivity index (χ4v) is 5.55. The Kier molecular flexibility index (Phi) is 9.70. The Morgan fingerprint density at radius 2 is 1.67 bits per heavy atom. The van der Waals surface area contributed by atoms with Crippen LogP contribution in [0.5, 0.6) is 0 Å². The Bertz CT molecular complexity index is 1240. The van der Waals surface area contributed by atoms with Crippen molar-refractivity contribution >= 4 is 11.6 Å². The van der Waals surface area contributed by atoms with E-state index >= 15 is 0 Å². The van der Waals surface area contributed by atoms with Crippen LogP contribution in [-0.4, -0.2) is 31.1 Å². The number of fused-ring (bicyclic) bond motifs is 1. The van der Waals surface area contributed by atoms with E-state index in [4.69, 9.17) is 5.73 Å². The second-order valence-corrected chi connectivity index (χ2v) is 11.1. The van der Waals surface area contributed by atoms with Gasteiger partial charge in [-0.15, -0.1) is 0 Å². The van der Waals surface area contributed by atoms with Crippen LogP contribution < -0.4 is 21.3 Å². The molecule has 1 heterocycles. The maximum absolute atomic E-state index is 13.7. The first-order valence-electron chi connectivity index (χ1n) is 13.8. The molecule has 3 aromatic carbocycles. The second-order valence-electron chi connectivity index (χ2n) is 11.1. The maximum atomic E-state index is 13.7. The van der Waals surface area contributed by atoms with Crippen LogP contribution in [0.25, 0.3) is 0 Å². The number of benzene rings is 3. The number of anilines is 1. The van der Waals surface area contributed by atoms with Crippen molar-refractivity contribution in [2.45, 2.75) is 65.2 Å². The van der Waals surface area contributed by atoms with Crippen molar-refractivity contribution in [3.05, 3.63) is 100 Å². The number of halogens is 2. The van der Waals surface area contributed by atoms with E-state index in [1.165, 1.54) is 47.0 Å². The Hall–Kier alpha value is -3.29. The standard InChI is InChI=1S/C32H40F2N4O/c1-21(2)11-24-12-26-9-10-38(20-23-7-5-4-6-8-23)32(26)27(13-24)18-36-19-30(35)31(37-22(3)39)16-25-14-28(33)17-29(34)15-25/h4-8,12-15,17,21,30-31,36H,9-11,16,18-20,35H2,1-3H3,(H,37,39)/t30-,31-/m0/s1. The minimum atomic E-state index is -0.645. The number of amides is 1. The van der Waals surface area contributed by atoms with Gasteiger partial charge < -0.3 is 21.3 Å². The third-order valence-electron chi connectivity index (χ3n) is 7.13. The van der Waals surface area contributed by atoms with Gasteiger partial charge in [-0.1, -0.05) is 56.3 Å². The summed E-state index contributed by atoms with van der Waals surface area (Å²) < 4.78 is 27.5. The topological polar surface area (TPSA) is 70.4 Å². The predicted octanol–water partition coefficient (Wildman–Crippen LogP) is 4.89. The molecular formula is C32H40F2N4O. The summed E-state index contributed by atoms with van der Waals surface area (Å²) in [6.45, 7) is 8.80. The van der Waals surface area contributed by atoms with Crippen LogP contribution in [0.15, 0.2) is 60.7 Å². The van der Waals surface area contributed by atoms with Crippen LogP contribution in [0.3, 0.4) is 0 Å². The van der Waals surface area contributed by atoms with E-state index < -0.39 is 23.7 Å². The molecule has 0 saturated carbocycles. The van der Waals surface area contributed by atoms with E-state index in [1.807, 2.05) is 6.07 Å².